The van der Waals surface area contributed by atoms with Crippen LogP contribution >= 0.6 is 21.6 Å². The average molecular weight is 551 g/mol. The molecule has 3 heterocycles. The summed E-state index contributed by atoms with van der Waals surface area (Å²) in [5, 5.41) is 7.17. The van der Waals surface area contributed by atoms with Crippen molar-refractivity contribution in [3.8, 4) is 0 Å². The summed E-state index contributed by atoms with van der Waals surface area (Å²) in [6.07, 6.45) is 18.0. The van der Waals surface area contributed by atoms with Crippen LogP contribution in [0, 0.1) is 0 Å². The molecule has 2 aromatic rings. The number of carbonyl (C=O) groups is 1. The molecule has 0 spiro atoms. The fraction of sp³-hybridized carbons (Fsp3) is 0.778. The van der Waals surface area contributed by atoms with Gasteiger partial charge in [0.25, 0.3) is 5.56 Å². The van der Waals surface area contributed by atoms with Crippen molar-refractivity contribution in [3.63, 3.8) is 0 Å². The SMILES string of the molecule is CC(C)n1cnc2c(=O)[nH]c(NCCCCCCCCCCCNC(=O)CCCCC3CCSS3)nc21. The van der Waals surface area contributed by atoms with Crippen molar-refractivity contribution in [1.82, 2.24) is 24.8 Å². The minimum Gasteiger partial charge on any atom is -0.356 e. The van der Waals surface area contributed by atoms with Crippen LogP contribution in [0.3, 0.4) is 0 Å². The molecular formula is C27H46N6O2S2. The van der Waals surface area contributed by atoms with Crippen molar-refractivity contribution in [1.29, 1.82) is 0 Å². The maximum atomic E-state index is 12.2. The molecule has 10 heteroatoms. The Morgan fingerprint density at radius 1 is 1.05 bits per heavy atom. The predicted octanol–water partition coefficient (Wildman–Crippen LogP) is 6.45. The third-order valence-electron chi connectivity index (χ3n) is 6.86. The molecule has 0 saturated carbocycles. The number of fused-ring (bicyclic) bond motifs is 1. The maximum absolute atomic E-state index is 12.2. The fourth-order valence-electron chi connectivity index (χ4n) is 4.62. The lowest BCUT2D eigenvalue weighted by Crippen LogP contribution is -2.24. The lowest BCUT2D eigenvalue weighted by atomic mass is 10.1. The minimum atomic E-state index is -0.197. The second-order valence-electron chi connectivity index (χ2n) is 10.4. The van der Waals surface area contributed by atoms with E-state index in [1.165, 1.54) is 70.0 Å². The van der Waals surface area contributed by atoms with Crippen LogP contribution in [0.15, 0.2) is 11.1 Å². The molecule has 3 N–H and O–H groups in total. The van der Waals surface area contributed by atoms with Gasteiger partial charge in [-0.15, -0.1) is 0 Å². The maximum Gasteiger partial charge on any atom is 0.280 e. The van der Waals surface area contributed by atoms with Crippen LogP contribution in [0.5, 0.6) is 0 Å². The zero-order valence-corrected chi connectivity index (χ0v) is 24.4. The topological polar surface area (TPSA) is 105 Å². The number of aromatic amines is 1. The molecular weight excluding hydrogens is 504 g/mol. The zero-order chi connectivity index (χ0) is 26.3. The highest BCUT2D eigenvalue weighted by Gasteiger charge is 2.16. The van der Waals surface area contributed by atoms with Gasteiger partial charge in [-0.05, 0) is 46.0 Å². The summed E-state index contributed by atoms with van der Waals surface area (Å²) in [5.41, 5.74) is 0.826. The summed E-state index contributed by atoms with van der Waals surface area (Å²) in [4.78, 5) is 35.7. The van der Waals surface area contributed by atoms with Gasteiger partial charge in [0, 0.05) is 36.6 Å². The highest BCUT2D eigenvalue weighted by atomic mass is 33.1. The van der Waals surface area contributed by atoms with E-state index in [2.05, 4.69) is 39.4 Å². The normalized spacial score (nSPS) is 15.6. The summed E-state index contributed by atoms with van der Waals surface area (Å²) in [5.74, 6) is 2.04. The Balaban J connectivity index is 1.10. The van der Waals surface area contributed by atoms with Gasteiger partial charge in [0.2, 0.25) is 11.9 Å². The molecule has 0 radical (unpaired) electrons. The Morgan fingerprint density at radius 3 is 2.43 bits per heavy atom. The molecule has 1 fully saturated rings. The smallest absolute Gasteiger partial charge is 0.280 e. The molecule has 1 unspecified atom stereocenters. The first-order valence-electron chi connectivity index (χ1n) is 14.3. The molecule has 1 saturated heterocycles. The Hall–Kier alpha value is -1.68. The quantitative estimate of drug-likeness (QED) is 0.136. The lowest BCUT2D eigenvalue weighted by Gasteiger charge is -2.09. The standard InChI is InChI=1S/C27H46N6O2S2/c1-21(2)33-20-30-24-25(33)31-27(32-26(24)35)29-18-13-9-7-5-3-4-6-8-12-17-28-23(34)15-11-10-14-22-16-19-36-37-22/h20-22H,3-19H2,1-2H3,(H,28,34)(H2,29,31,32,35). The fourth-order valence-corrected chi connectivity index (χ4v) is 7.65. The molecule has 0 aromatic carbocycles. The number of carbonyl (C=O) groups excluding carboxylic acids is 1. The molecule has 1 atom stereocenters. The lowest BCUT2D eigenvalue weighted by molar-refractivity contribution is -0.121. The van der Waals surface area contributed by atoms with E-state index >= 15 is 0 Å². The van der Waals surface area contributed by atoms with Crippen LogP contribution in [0.1, 0.15) is 110 Å². The van der Waals surface area contributed by atoms with Crippen molar-refractivity contribution in [2.45, 2.75) is 115 Å². The number of H-pyrrole nitrogens is 1. The van der Waals surface area contributed by atoms with Gasteiger partial charge >= 0.3 is 0 Å². The molecule has 0 aliphatic carbocycles. The summed E-state index contributed by atoms with van der Waals surface area (Å²) >= 11 is 0. The van der Waals surface area contributed by atoms with Crippen molar-refractivity contribution >= 4 is 44.6 Å². The van der Waals surface area contributed by atoms with Gasteiger partial charge < -0.3 is 15.2 Å². The number of nitrogens with zero attached hydrogens (tertiary/aromatic N) is 3. The number of unbranched alkanes of at least 4 members (excludes halogenated alkanes) is 9. The molecule has 1 amide bonds. The van der Waals surface area contributed by atoms with Gasteiger partial charge in [-0.1, -0.05) is 73.0 Å². The van der Waals surface area contributed by atoms with E-state index in [4.69, 9.17) is 0 Å². The molecule has 37 heavy (non-hydrogen) atoms. The summed E-state index contributed by atoms with van der Waals surface area (Å²) in [6.45, 7) is 5.73. The zero-order valence-electron chi connectivity index (χ0n) is 22.7. The van der Waals surface area contributed by atoms with Crippen LogP contribution < -0.4 is 16.2 Å². The van der Waals surface area contributed by atoms with E-state index < -0.39 is 0 Å². The van der Waals surface area contributed by atoms with Gasteiger partial charge in [0.15, 0.2) is 11.2 Å². The van der Waals surface area contributed by atoms with Crippen molar-refractivity contribution in [2.24, 2.45) is 0 Å². The van der Waals surface area contributed by atoms with Crippen LogP contribution in [-0.4, -0.2) is 49.5 Å². The first kappa shape index (κ1) is 29.9. The number of anilines is 1. The third kappa shape index (κ3) is 10.9. The average Bonchev–Trinajstić information content (AvgIpc) is 3.55. The molecule has 1 aliphatic heterocycles. The van der Waals surface area contributed by atoms with Gasteiger partial charge in [-0.3, -0.25) is 14.6 Å². The summed E-state index contributed by atoms with van der Waals surface area (Å²) in [7, 11) is 4.03. The predicted molar refractivity (Wildman–Crippen MR) is 159 cm³/mol. The summed E-state index contributed by atoms with van der Waals surface area (Å²) < 4.78 is 1.92. The minimum absolute atomic E-state index is 0.197. The van der Waals surface area contributed by atoms with E-state index in [0.29, 0.717) is 23.5 Å². The number of hydrogen-bond acceptors (Lipinski definition) is 7. The number of hydrogen-bond donors (Lipinski definition) is 3. The molecule has 1 aliphatic rings. The van der Waals surface area contributed by atoms with E-state index in [1.54, 1.807) is 6.33 Å². The van der Waals surface area contributed by atoms with Gasteiger partial charge in [-0.25, -0.2) is 4.98 Å². The number of nitrogens with one attached hydrogen (secondary N) is 3. The number of rotatable bonds is 19. The van der Waals surface area contributed by atoms with Gasteiger partial charge in [0.1, 0.15) is 0 Å². The molecule has 0 bridgehead atoms. The van der Waals surface area contributed by atoms with E-state index in [-0.39, 0.29) is 17.5 Å². The van der Waals surface area contributed by atoms with Crippen molar-refractivity contribution in [2.75, 3.05) is 24.2 Å². The number of aromatic nitrogens is 4. The molecule has 3 rings (SSSR count). The monoisotopic (exact) mass is 550 g/mol. The van der Waals surface area contributed by atoms with Crippen molar-refractivity contribution < 1.29 is 4.79 Å². The van der Waals surface area contributed by atoms with Crippen molar-refractivity contribution in [3.05, 3.63) is 16.7 Å². The third-order valence-corrected chi connectivity index (χ3v) is 9.87. The van der Waals surface area contributed by atoms with E-state index in [0.717, 1.165) is 37.6 Å². The van der Waals surface area contributed by atoms with Crippen LogP contribution in [0.4, 0.5) is 5.95 Å². The highest BCUT2D eigenvalue weighted by molar-refractivity contribution is 8.77. The molecule has 2 aromatic heterocycles. The largest absolute Gasteiger partial charge is 0.356 e. The summed E-state index contributed by atoms with van der Waals surface area (Å²) in [6, 6.07) is 0.206. The Bertz CT molecular complexity index is 987. The van der Waals surface area contributed by atoms with E-state index in [1.807, 2.05) is 26.2 Å². The van der Waals surface area contributed by atoms with Gasteiger partial charge in [0.05, 0.1) is 6.33 Å². The Labute approximate surface area is 229 Å². The van der Waals surface area contributed by atoms with E-state index in [9.17, 15) is 9.59 Å². The van der Waals surface area contributed by atoms with Crippen LogP contribution in [0.25, 0.3) is 11.2 Å². The van der Waals surface area contributed by atoms with Crippen LogP contribution in [-0.2, 0) is 4.79 Å². The second kappa shape index (κ2) is 17.0. The highest BCUT2D eigenvalue weighted by Crippen LogP contribution is 2.39. The Morgan fingerprint density at radius 2 is 1.76 bits per heavy atom. The first-order valence-corrected chi connectivity index (χ1v) is 16.7. The second-order valence-corrected chi connectivity index (χ2v) is 13.2. The molecule has 208 valence electrons. The number of imidazole rings is 1. The van der Waals surface area contributed by atoms with Crippen LogP contribution in [0.2, 0.25) is 0 Å². The number of amides is 1. The molecule has 8 nitrogen and oxygen atoms in total. The van der Waals surface area contributed by atoms with Gasteiger partial charge in [-0.2, -0.15) is 4.98 Å². The first-order chi connectivity index (χ1) is 18.0. The Kier molecular flexibility index (Phi) is 13.7.